The maximum absolute atomic E-state index is 12.7. The molecule has 0 spiro atoms. The lowest BCUT2D eigenvalue weighted by Crippen LogP contribution is -2.38. The quantitative estimate of drug-likeness (QED) is 0.868. The highest BCUT2D eigenvalue weighted by molar-refractivity contribution is 5.92. The summed E-state index contributed by atoms with van der Waals surface area (Å²) in [6.07, 6.45) is 3.31. The van der Waals surface area contributed by atoms with E-state index in [1.54, 1.807) is 6.92 Å². The van der Waals surface area contributed by atoms with Crippen LogP contribution in [0.25, 0.3) is 0 Å². The highest BCUT2D eigenvalue weighted by Crippen LogP contribution is 2.37. The molecule has 3 rings (SSSR count). The molecule has 116 valence electrons. The number of oxazole rings is 1. The molecule has 1 amide bonds. The number of hydrogen-bond acceptors (Lipinski definition) is 3. The number of hydrogen-bond donors (Lipinski definition) is 0. The third kappa shape index (κ3) is 2.65. The van der Waals surface area contributed by atoms with Crippen LogP contribution in [0.15, 0.2) is 34.7 Å². The van der Waals surface area contributed by atoms with Crippen LogP contribution in [-0.2, 0) is 0 Å². The van der Waals surface area contributed by atoms with Gasteiger partial charge in [0.05, 0.1) is 5.69 Å². The minimum absolute atomic E-state index is 0.0640. The van der Waals surface area contributed by atoms with Gasteiger partial charge in [-0.25, -0.2) is 4.98 Å². The molecule has 1 aliphatic rings. The van der Waals surface area contributed by atoms with Crippen LogP contribution in [0.4, 0.5) is 0 Å². The summed E-state index contributed by atoms with van der Waals surface area (Å²) in [6, 6.07) is 10.7. The molecule has 4 heteroatoms. The number of carbonyl (C=O) groups excluding carboxylic acids is 1. The first-order valence-electron chi connectivity index (χ1n) is 7.84. The minimum atomic E-state index is -0.0640. The molecule has 0 bridgehead atoms. The number of likely N-dealkylation sites (N-methyl/N-ethyl adjacent to an activating group) is 1. The molecule has 1 fully saturated rings. The Hall–Kier alpha value is -2.10. The fourth-order valence-electron chi connectivity index (χ4n) is 3.53. The van der Waals surface area contributed by atoms with E-state index >= 15 is 0 Å². The largest absolute Gasteiger partial charge is 0.436 e. The Morgan fingerprint density at radius 1 is 1.23 bits per heavy atom. The number of benzene rings is 1. The molecule has 1 aliphatic carbocycles. The summed E-state index contributed by atoms with van der Waals surface area (Å²) in [5.41, 5.74) is 1.98. The smallest absolute Gasteiger partial charge is 0.291 e. The first-order valence-corrected chi connectivity index (χ1v) is 7.84. The maximum atomic E-state index is 12.7. The molecule has 0 saturated heterocycles. The van der Waals surface area contributed by atoms with Gasteiger partial charge in [0.1, 0.15) is 0 Å². The van der Waals surface area contributed by atoms with Crippen LogP contribution in [0.2, 0.25) is 0 Å². The molecule has 22 heavy (non-hydrogen) atoms. The van der Waals surface area contributed by atoms with Crippen molar-refractivity contribution in [2.24, 2.45) is 0 Å². The first kappa shape index (κ1) is 14.8. The van der Waals surface area contributed by atoms with E-state index in [1.165, 1.54) is 5.56 Å². The zero-order valence-electron chi connectivity index (χ0n) is 13.4. The van der Waals surface area contributed by atoms with Gasteiger partial charge in [0.2, 0.25) is 5.76 Å². The van der Waals surface area contributed by atoms with E-state index in [9.17, 15) is 4.79 Å². The zero-order chi connectivity index (χ0) is 15.7. The Balaban J connectivity index is 1.83. The second-order valence-electron chi connectivity index (χ2n) is 6.08. The van der Waals surface area contributed by atoms with Crippen LogP contribution >= 0.6 is 0 Å². The van der Waals surface area contributed by atoms with Gasteiger partial charge in [-0.1, -0.05) is 36.8 Å². The van der Waals surface area contributed by atoms with E-state index in [4.69, 9.17) is 4.42 Å². The summed E-state index contributed by atoms with van der Waals surface area (Å²) in [4.78, 5) is 18.8. The molecular formula is C18H22N2O2. The van der Waals surface area contributed by atoms with E-state index in [2.05, 4.69) is 29.2 Å². The van der Waals surface area contributed by atoms with Crippen molar-refractivity contribution in [1.82, 2.24) is 9.88 Å². The van der Waals surface area contributed by atoms with Gasteiger partial charge in [-0.15, -0.1) is 0 Å². The van der Waals surface area contributed by atoms with Crippen LogP contribution in [0.3, 0.4) is 0 Å². The van der Waals surface area contributed by atoms with Gasteiger partial charge >= 0.3 is 0 Å². The van der Waals surface area contributed by atoms with Crippen molar-refractivity contribution in [3.8, 4) is 0 Å². The number of nitrogens with zero attached hydrogens (tertiary/aromatic N) is 2. The van der Waals surface area contributed by atoms with Gasteiger partial charge in [-0.2, -0.15) is 0 Å². The summed E-state index contributed by atoms with van der Waals surface area (Å²) in [7, 11) is 1.88. The van der Waals surface area contributed by atoms with Crippen molar-refractivity contribution in [2.75, 3.05) is 7.05 Å². The fourth-order valence-corrected chi connectivity index (χ4v) is 3.53. The lowest BCUT2D eigenvalue weighted by Gasteiger charge is -2.29. The highest BCUT2D eigenvalue weighted by atomic mass is 16.4. The third-order valence-electron chi connectivity index (χ3n) is 4.62. The zero-order valence-corrected chi connectivity index (χ0v) is 13.4. The lowest BCUT2D eigenvalue weighted by atomic mass is 9.93. The van der Waals surface area contributed by atoms with Crippen molar-refractivity contribution in [2.45, 2.75) is 45.1 Å². The lowest BCUT2D eigenvalue weighted by molar-refractivity contribution is 0.0687. The van der Waals surface area contributed by atoms with E-state index in [-0.39, 0.29) is 11.9 Å². The molecule has 0 N–H and O–H groups in total. The van der Waals surface area contributed by atoms with Crippen LogP contribution in [0.5, 0.6) is 0 Å². The number of aromatic nitrogens is 1. The molecule has 2 unspecified atom stereocenters. The van der Waals surface area contributed by atoms with Crippen molar-refractivity contribution >= 4 is 5.91 Å². The Bertz CT molecular complexity index is 663. The number of amides is 1. The third-order valence-corrected chi connectivity index (χ3v) is 4.62. The number of carbonyl (C=O) groups is 1. The van der Waals surface area contributed by atoms with Gasteiger partial charge < -0.3 is 9.32 Å². The molecule has 1 saturated carbocycles. The summed E-state index contributed by atoms with van der Waals surface area (Å²) < 4.78 is 5.50. The SMILES string of the molecule is Cc1nc(C)c(C(=O)N(C)C2CCCC2c2ccccc2)o1. The van der Waals surface area contributed by atoms with Crippen LogP contribution in [-0.4, -0.2) is 28.9 Å². The topological polar surface area (TPSA) is 46.3 Å². The number of aryl methyl sites for hydroxylation is 2. The second-order valence-corrected chi connectivity index (χ2v) is 6.08. The molecule has 0 radical (unpaired) electrons. The monoisotopic (exact) mass is 298 g/mol. The first-order chi connectivity index (χ1) is 10.6. The molecule has 1 aromatic carbocycles. The van der Waals surface area contributed by atoms with Gasteiger partial charge in [-0.05, 0) is 25.3 Å². The maximum Gasteiger partial charge on any atom is 0.291 e. The summed E-state index contributed by atoms with van der Waals surface area (Å²) in [5, 5.41) is 0. The molecule has 4 nitrogen and oxygen atoms in total. The van der Waals surface area contributed by atoms with Crippen LogP contribution in [0.1, 0.15) is 52.9 Å². The Morgan fingerprint density at radius 2 is 1.95 bits per heavy atom. The summed E-state index contributed by atoms with van der Waals surface area (Å²) >= 11 is 0. The summed E-state index contributed by atoms with van der Waals surface area (Å²) in [6.45, 7) is 3.59. The van der Waals surface area contributed by atoms with E-state index < -0.39 is 0 Å². The second kappa shape index (κ2) is 5.95. The van der Waals surface area contributed by atoms with Crippen LogP contribution in [0, 0.1) is 13.8 Å². The van der Waals surface area contributed by atoms with Gasteiger partial charge in [-0.3, -0.25) is 4.79 Å². The highest BCUT2D eigenvalue weighted by Gasteiger charge is 2.35. The molecule has 0 aliphatic heterocycles. The van der Waals surface area contributed by atoms with Gasteiger partial charge in [0.15, 0.2) is 5.89 Å². The predicted octanol–water partition coefficient (Wildman–Crippen LogP) is 3.70. The van der Waals surface area contributed by atoms with Crippen molar-refractivity contribution < 1.29 is 9.21 Å². The fraction of sp³-hybridized carbons (Fsp3) is 0.444. The molecular weight excluding hydrogens is 276 g/mol. The Labute approximate surface area is 131 Å². The molecule has 1 aromatic heterocycles. The van der Waals surface area contributed by atoms with E-state index in [0.29, 0.717) is 23.3 Å². The van der Waals surface area contributed by atoms with Crippen LogP contribution < -0.4 is 0 Å². The summed E-state index contributed by atoms with van der Waals surface area (Å²) in [5.74, 6) is 1.25. The number of rotatable bonds is 3. The van der Waals surface area contributed by atoms with Gasteiger partial charge in [0.25, 0.3) is 5.91 Å². The molecule has 2 aromatic rings. The van der Waals surface area contributed by atoms with Crippen molar-refractivity contribution in [3.05, 3.63) is 53.2 Å². The molecule has 1 heterocycles. The van der Waals surface area contributed by atoms with Crippen molar-refractivity contribution in [3.63, 3.8) is 0 Å². The average molecular weight is 298 g/mol. The minimum Gasteiger partial charge on any atom is -0.436 e. The van der Waals surface area contributed by atoms with Gasteiger partial charge in [0, 0.05) is 25.9 Å². The average Bonchev–Trinajstić information content (AvgIpc) is 3.13. The standard InChI is InChI=1S/C18H22N2O2/c1-12-17(22-13(2)19-12)18(21)20(3)16-11-7-10-15(16)14-8-5-4-6-9-14/h4-6,8-9,15-16H,7,10-11H2,1-3H3. The predicted molar refractivity (Wildman–Crippen MR) is 84.9 cm³/mol. The Kier molecular flexibility index (Phi) is 4.01. The van der Waals surface area contributed by atoms with E-state index in [1.807, 2.05) is 24.9 Å². The normalized spacial score (nSPS) is 21.0. The Morgan fingerprint density at radius 3 is 2.59 bits per heavy atom. The van der Waals surface area contributed by atoms with E-state index in [0.717, 1.165) is 19.3 Å². The van der Waals surface area contributed by atoms with Crippen molar-refractivity contribution in [1.29, 1.82) is 0 Å². The molecule has 2 atom stereocenters.